The largest absolute Gasteiger partial charge is 0.458 e. The summed E-state index contributed by atoms with van der Waals surface area (Å²) in [4.78, 5) is 2.51. The Balaban J connectivity index is 0.935. The van der Waals surface area contributed by atoms with Crippen LogP contribution in [0.1, 0.15) is 47.2 Å². The number of para-hydroxylation sites is 4. The van der Waals surface area contributed by atoms with Crippen LogP contribution in [0, 0.1) is 0 Å². The van der Waals surface area contributed by atoms with Crippen molar-refractivity contribution in [3.63, 3.8) is 0 Å². The average molecular weight is 1130 g/mol. The molecule has 5 aliphatic rings. The van der Waals surface area contributed by atoms with Gasteiger partial charge in [0.25, 0.3) is 6.71 Å². The van der Waals surface area contributed by atoms with E-state index in [0.29, 0.717) is 0 Å². The second kappa shape index (κ2) is 19.2. The number of rotatable bonds is 6. The number of nitrogens with zero attached hydrogens (tertiary/aromatic N) is 1. The number of fused-ring (bicyclic) bond motifs is 14. The van der Waals surface area contributed by atoms with E-state index in [-0.39, 0.29) is 6.71 Å². The van der Waals surface area contributed by atoms with Crippen LogP contribution in [0.2, 0.25) is 0 Å². The Labute approximate surface area is 512 Å². The highest BCUT2D eigenvalue weighted by Crippen LogP contribution is 2.62. The van der Waals surface area contributed by atoms with Crippen molar-refractivity contribution in [1.29, 1.82) is 0 Å². The summed E-state index contributed by atoms with van der Waals surface area (Å²) in [6.45, 7) is 4.39. The lowest BCUT2D eigenvalue weighted by molar-refractivity contribution is 0.399. The van der Waals surface area contributed by atoms with Crippen LogP contribution in [-0.4, -0.2) is 6.71 Å². The molecule has 0 radical (unpaired) electrons. The molecule has 414 valence electrons. The van der Waals surface area contributed by atoms with Gasteiger partial charge in [0, 0.05) is 67.4 Å². The van der Waals surface area contributed by atoms with Crippen molar-refractivity contribution in [2.75, 3.05) is 4.90 Å². The van der Waals surface area contributed by atoms with Gasteiger partial charge in [0.15, 0.2) is 0 Å². The molecule has 18 rings (SSSR count). The summed E-state index contributed by atoms with van der Waals surface area (Å²) >= 11 is 0. The molecule has 0 saturated heterocycles. The minimum absolute atomic E-state index is 0.279. The first kappa shape index (κ1) is 50.3. The molecule has 0 bridgehead atoms. The molecule has 0 amide bonds. The van der Waals surface area contributed by atoms with Crippen molar-refractivity contribution in [2.45, 2.75) is 24.7 Å². The Morgan fingerprint density at radius 1 is 0.273 bits per heavy atom. The molecule has 0 fully saturated rings. The van der Waals surface area contributed by atoms with Gasteiger partial charge in [-0.25, -0.2) is 0 Å². The Morgan fingerprint density at radius 3 is 1.33 bits per heavy atom. The maximum atomic E-state index is 7.78. The normalized spacial score (nSPS) is 14.3. The van der Waals surface area contributed by atoms with Crippen molar-refractivity contribution in [3.05, 3.63) is 325 Å². The molecule has 5 aliphatic heterocycles. The van der Waals surface area contributed by atoms with Gasteiger partial charge in [-0.3, -0.25) is 0 Å². The predicted molar refractivity (Wildman–Crippen MR) is 357 cm³/mol. The van der Waals surface area contributed by atoms with E-state index in [1.165, 1.54) is 5.46 Å². The van der Waals surface area contributed by atoms with Gasteiger partial charge in [0.2, 0.25) is 0 Å². The zero-order valence-corrected chi connectivity index (χ0v) is 48.4. The molecule has 0 aliphatic carbocycles. The minimum atomic E-state index is -0.737. The summed E-state index contributed by atoms with van der Waals surface area (Å²) in [5.74, 6) is 6.56. The second-order valence-electron chi connectivity index (χ2n) is 24.2. The second-order valence-corrected chi connectivity index (χ2v) is 24.2. The van der Waals surface area contributed by atoms with Gasteiger partial charge in [-0.05, 0) is 122 Å². The highest BCUT2D eigenvalue weighted by molar-refractivity contribution is 6.99. The first-order valence-electron chi connectivity index (χ1n) is 30.3. The van der Waals surface area contributed by atoms with Crippen LogP contribution in [0.25, 0.3) is 55.6 Å². The zero-order chi connectivity index (χ0) is 58.2. The van der Waals surface area contributed by atoms with Gasteiger partial charge in [-0.15, -0.1) is 0 Å². The monoisotopic (exact) mass is 1130 g/mol. The summed E-state index contributed by atoms with van der Waals surface area (Å²) < 4.78 is 28.9. The maximum absolute atomic E-state index is 7.78. The Bertz CT molecular complexity index is 4960. The molecule has 88 heavy (non-hydrogen) atoms. The third kappa shape index (κ3) is 7.42. The van der Waals surface area contributed by atoms with Gasteiger partial charge in [0.1, 0.15) is 46.0 Å². The van der Waals surface area contributed by atoms with Crippen LogP contribution in [-0.2, 0) is 10.8 Å². The highest BCUT2D eigenvalue weighted by atomic mass is 16.5. The molecule has 0 unspecified atom stereocenters. The van der Waals surface area contributed by atoms with Crippen LogP contribution in [0.15, 0.2) is 291 Å². The molecule has 5 heterocycles. The molecule has 5 nitrogen and oxygen atoms in total. The van der Waals surface area contributed by atoms with Crippen molar-refractivity contribution < 1.29 is 18.9 Å². The third-order valence-electron chi connectivity index (χ3n) is 19.1. The molecule has 0 aromatic heterocycles. The molecule has 0 saturated carbocycles. The molecule has 0 atom stereocenters. The van der Waals surface area contributed by atoms with Gasteiger partial charge < -0.3 is 23.8 Å². The summed E-state index contributed by atoms with van der Waals surface area (Å²) in [7, 11) is 0. The molecular formula is C82H54BNO4. The van der Waals surface area contributed by atoms with Gasteiger partial charge >= 0.3 is 0 Å². The molecule has 0 N–H and O–H groups in total. The van der Waals surface area contributed by atoms with E-state index >= 15 is 0 Å². The van der Waals surface area contributed by atoms with Crippen molar-refractivity contribution >= 4 is 40.2 Å². The van der Waals surface area contributed by atoms with Crippen LogP contribution in [0.3, 0.4) is 0 Å². The average Bonchev–Trinajstić information content (AvgIpc) is 0.771. The van der Waals surface area contributed by atoms with Crippen LogP contribution in [0.5, 0.6) is 46.0 Å². The molecular weight excluding hydrogens is 1070 g/mol. The van der Waals surface area contributed by atoms with Crippen LogP contribution < -0.4 is 40.2 Å². The Morgan fingerprint density at radius 2 is 0.716 bits per heavy atom. The van der Waals surface area contributed by atoms with E-state index in [1.807, 2.05) is 0 Å². The van der Waals surface area contributed by atoms with Crippen LogP contribution in [0.4, 0.5) is 17.1 Å². The number of anilines is 3. The quantitative estimate of drug-likeness (QED) is 0.155. The van der Waals surface area contributed by atoms with Crippen molar-refractivity contribution in [2.24, 2.45) is 0 Å². The zero-order valence-electron chi connectivity index (χ0n) is 48.4. The minimum Gasteiger partial charge on any atom is -0.458 e. The number of hydrogen-bond donors (Lipinski definition) is 0. The predicted octanol–water partition coefficient (Wildman–Crippen LogP) is 19.5. The molecule has 13 aromatic carbocycles. The standard InChI is InChI=1S/C82H54BNO4/c1-81(2)61-31-15-19-35-72(61)86-77-50-70-67(49-66(77)81)83-68-45-57(52-25-9-4-10-26-52)44-60(54-29-13-6-14-30-54)80(68)88-78-48-58(46-71(79(78)83)84(70)69-42-40-55(51-23-7-3-8-24-51)43-59(69)53-27-11-5-12-28-53)56-39-41-65-76(47-56)87-75-38-22-18-34-64(75)82(65)62-32-16-20-36-73(62)85-74-37-21-17-33-63(74)82/h3-50H,1-2H3. The van der Waals surface area contributed by atoms with E-state index < -0.39 is 10.8 Å². The van der Waals surface area contributed by atoms with Gasteiger partial charge in [-0.1, -0.05) is 238 Å². The fourth-order valence-corrected chi connectivity index (χ4v) is 15.0. The van der Waals surface area contributed by atoms with Gasteiger partial charge in [-0.2, -0.15) is 0 Å². The van der Waals surface area contributed by atoms with Crippen molar-refractivity contribution in [1.82, 2.24) is 0 Å². The van der Waals surface area contributed by atoms with Crippen molar-refractivity contribution in [3.8, 4) is 102 Å². The first-order chi connectivity index (χ1) is 43.4. The summed E-state index contributed by atoms with van der Waals surface area (Å²) in [6.07, 6.45) is 0. The fourth-order valence-electron chi connectivity index (χ4n) is 15.0. The lowest BCUT2D eigenvalue weighted by Crippen LogP contribution is -2.60. The first-order valence-corrected chi connectivity index (χ1v) is 30.3. The van der Waals surface area contributed by atoms with E-state index in [2.05, 4.69) is 310 Å². The van der Waals surface area contributed by atoms with E-state index in [9.17, 15) is 0 Å². The summed E-state index contributed by atoms with van der Waals surface area (Å²) in [6, 6.07) is 105. The van der Waals surface area contributed by atoms with E-state index in [1.54, 1.807) is 0 Å². The smallest absolute Gasteiger partial charge is 0.256 e. The molecule has 1 spiro atoms. The number of ether oxygens (including phenoxy) is 4. The SMILES string of the molecule is CC1(C)c2ccccc2Oc2cc3c(cc21)B1c2cc(-c4ccccc4)cc(-c4ccccc4)c2Oc2cc(-c4ccc5c(c4)Oc4ccccc4C54c5ccccc5Oc5ccccc54)cc(c21)N3c1ccc(-c2ccccc2)cc1-c1ccccc1. The third-order valence-corrected chi connectivity index (χ3v) is 19.1. The fraction of sp³-hybridized carbons (Fsp3) is 0.0488. The molecule has 13 aromatic rings. The number of benzene rings is 13. The van der Waals surface area contributed by atoms with E-state index in [4.69, 9.17) is 18.9 Å². The lowest BCUT2D eigenvalue weighted by Gasteiger charge is -2.45. The lowest BCUT2D eigenvalue weighted by atomic mass is 9.33. The summed E-state index contributed by atoms with van der Waals surface area (Å²) in [5.41, 5.74) is 22.6. The Kier molecular flexibility index (Phi) is 11.0. The topological polar surface area (TPSA) is 40.2 Å². The molecule has 6 heteroatoms. The number of hydrogen-bond acceptors (Lipinski definition) is 5. The maximum Gasteiger partial charge on any atom is 0.256 e. The van der Waals surface area contributed by atoms with E-state index in [0.717, 1.165) is 163 Å². The van der Waals surface area contributed by atoms with Crippen LogP contribution >= 0.6 is 0 Å². The highest BCUT2D eigenvalue weighted by Gasteiger charge is 2.51. The summed E-state index contributed by atoms with van der Waals surface area (Å²) in [5, 5.41) is 0. The van der Waals surface area contributed by atoms with Gasteiger partial charge in [0.05, 0.1) is 11.1 Å². The Hall–Kier alpha value is -11.1.